The van der Waals surface area contributed by atoms with E-state index in [0.29, 0.717) is 18.1 Å². The molecule has 3 aromatic rings. The Morgan fingerprint density at radius 1 is 1.29 bits per heavy atom. The molecule has 0 saturated carbocycles. The third-order valence-corrected chi connectivity index (χ3v) is 4.60. The topological polar surface area (TPSA) is 84.8 Å². The maximum Gasteiger partial charge on any atom is 0.434 e. The quantitative estimate of drug-likeness (QED) is 0.717. The molecule has 0 atom stereocenters. The molecule has 0 radical (unpaired) electrons. The Morgan fingerprint density at radius 2 is 2.08 bits per heavy atom. The van der Waals surface area contributed by atoms with Crippen LogP contribution in [-0.4, -0.2) is 39.5 Å². The summed E-state index contributed by atoms with van der Waals surface area (Å²) in [6.07, 6.45) is 0.262. The van der Waals surface area contributed by atoms with Crippen LogP contribution >= 0.6 is 0 Å². The van der Waals surface area contributed by atoms with E-state index in [-0.39, 0.29) is 0 Å². The van der Waals surface area contributed by atoms with Crippen LogP contribution in [0.4, 0.5) is 4.79 Å². The van der Waals surface area contributed by atoms with Crippen LogP contribution in [0.25, 0.3) is 22.6 Å². The van der Waals surface area contributed by atoms with E-state index in [1.807, 2.05) is 0 Å². The number of aryl methyl sites for hydroxylation is 2. The molecule has 2 aromatic heterocycles. The number of carbonyl (C=O) groups is 1. The summed E-state index contributed by atoms with van der Waals surface area (Å²) in [4.78, 5) is 20.0. The van der Waals surface area contributed by atoms with Gasteiger partial charge < -0.3 is 15.0 Å². The largest absolute Gasteiger partial charge is 0.451 e. The average Bonchev–Trinajstić information content (AvgIpc) is 3.15. The minimum Gasteiger partial charge on any atom is -0.451 e. The van der Waals surface area contributed by atoms with Gasteiger partial charge >= 0.3 is 6.09 Å². The van der Waals surface area contributed by atoms with Gasteiger partial charge in [0.05, 0.1) is 23.8 Å². The Kier molecular flexibility index (Phi) is 3.38. The molecular formula is C17H19N5O2. The monoisotopic (exact) mass is 325 g/mol. The maximum absolute atomic E-state index is 12.0. The minimum atomic E-state index is -0.470. The first-order chi connectivity index (χ1) is 11.6. The molecule has 0 bridgehead atoms. The van der Waals surface area contributed by atoms with E-state index < -0.39 is 6.09 Å². The summed E-state index contributed by atoms with van der Waals surface area (Å²) in [5.41, 5.74) is 6.87. The highest BCUT2D eigenvalue weighted by atomic mass is 16.5. The standard InChI is InChI=1S/C17H19N5O2/c1-9-6-12-13(7-10(9)2)20-16(19-12)15-11-8-18-5-4-14(11)22(21-15)17(23)24-3/h6-7,18H,4-5,8H2,1-3H3,(H,19,20). The number of ether oxygens (including phenoxy) is 1. The fourth-order valence-electron chi connectivity index (χ4n) is 3.16. The van der Waals surface area contributed by atoms with Crippen molar-refractivity contribution in [2.75, 3.05) is 13.7 Å². The van der Waals surface area contributed by atoms with Crippen LogP contribution in [0.15, 0.2) is 12.1 Å². The maximum atomic E-state index is 12.0. The van der Waals surface area contributed by atoms with Gasteiger partial charge in [0.1, 0.15) is 5.69 Å². The molecule has 3 heterocycles. The summed E-state index contributed by atoms with van der Waals surface area (Å²) in [5, 5.41) is 7.81. The van der Waals surface area contributed by atoms with Crippen molar-refractivity contribution in [3.63, 3.8) is 0 Å². The number of nitrogens with zero attached hydrogens (tertiary/aromatic N) is 3. The molecule has 1 aromatic carbocycles. The summed E-state index contributed by atoms with van der Waals surface area (Å²) in [6.45, 7) is 5.62. The van der Waals surface area contributed by atoms with Gasteiger partial charge in [-0.1, -0.05) is 0 Å². The van der Waals surface area contributed by atoms with Gasteiger partial charge in [-0.05, 0) is 37.1 Å². The van der Waals surface area contributed by atoms with Gasteiger partial charge in [-0.2, -0.15) is 9.78 Å². The number of carbonyl (C=O) groups excluding carboxylic acids is 1. The summed E-state index contributed by atoms with van der Waals surface area (Å²) in [7, 11) is 1.36. The SMILES string of the molecule is COC(=O)n1nc(-c2nc3cc(C)c(C)cc3[nH]2)c2c1CCNC2. The number of hydrogen-bond donors (Lipinski definition) is 2. The Morgan fingerprint density at radius 3 is 2.88 bits per heavy atom. The predicted molar refractivity (Wildman–Crippen MR) is 90.0 cm³/mol. The number of imidazole rings is 1. The van der Waals surface area contributed by atoms with Crippen LogP contribution in [0.2, 0.25) is 0 Å². The molecular weight excluding hydrogens is 306 g/mol. The van der Waals surface area contributed by atoms with Gasteiger partial charge in [0.15, 0.2) is 5.82 Å². The lowest BCUT2D eigenvalue weighted by atomic mass is 10.1. The first-order valence-corrected chi connectivity index (χ1v) is 7.95. The summed E-state index contributed by atoms with van der Waals surface area (Å²) < 4.78 is 6.21. The molecule has 124 valence electrons. The molecule has 7 nitrogen and oxygen atoms in total. The van der Waals surface area contributed by atoms with Crippen LogP contribution in [0, 0.1) is 13.8 Å². The van der Waals surface area contributed by atoms with Gasteiger partial charge in [0.2, 0.25) is 0 Å². The lowest BCUT2D eigenvalue weighted by molar-refractivity contribution is 0.168. The molecule has 0 spiro atoms. The van der Waals surface area contributed by atoms with Gasteiger partial charge in [-0.25, -0.2) is 9.78 Å². The zero-order valence-corrected chi connectivity index (χ0v) is 13.9. The number of hydrogen-bond acceptors (Lipinski definition) is 5. The highest BCUT2D eigenvalue weighted by molar-refractivity contribution is 5.81. The Labute approximate surface area is 139 Å². The number of rotatable bonds is 1. The first-order valence-electron chi connectivity index (χ1n) is 7.95. The molecule has 1 aliphatic heterocycles. The molecule has 24 heavy (non-hydrogen) atoms. The smallest absolute Gasteiger partial charge is 0.434 e. The van der Waals surface area contributed by atoms with Crippen LogP contribution in [0.3, 0.4) is 0 Å². The van der Waals surface area contributed by atoms with E-state index in [4.69, 9.17) is 4.74 Å². The van der Waals surface area contributed by atoms with Crippen molar-refractivity contribution in [2.24, 2.45) is 0 Å². The summed E-state index contributed by atoms with van der Waals surface area (Å²) >= 11 is 0. The molecule has 0 aliphatic carbocycles. The van der Waals surface area contributed by atoms with Gasteiger partial charge in [0.25, 0.3) is 0 Å². The Hall–Kier alpha value is -2.67. The molecule has 1 aliphatic rings. The van der Waals surface area contributed by atoms with E-state index in [2.05, 4.69) is 46.4 Å². The molecule has 2 N–H and O–H groups in total. The van der Waals surface area contributed by atoms with Crippen molar-refractivity contribution in [1.29, 1.82) is 0 Å². The van der Waals surface area contributed by atoms with Crippen molar-refractivity contribution >= 4 is 17.1 Å². The number of aromatic nitrogens is 4. The highest BCUT2D eigenvalue weighted by Gasteiger charge is 2.26. The second kappa shape index (κ2) is 5.45. The van der Waals surface area contributed by atoms with Gasteiger partial charge in [-0.15, -0.1) is 0 Å². The summed E-state index contributed by atoms with van der Waals surface area (Å²) in [6, 6.07) is 4.15. The number of aromatic amines is 1. The van der Waals surface area contributed by atoms with Crippen LogP contribution in [0.5, 0.6) is 0 Å². The third-order valence-electron chi connectivity index (χ3n) is 4.60. The number of methoxy groups -OCH3 is 1. The molecule has 7 heteroatoms. The predicted octanol–water partition coefficient (Wildman–Crippen LogP) is 2.30. The number of H-pyrrole nitrogens is 1. The third kappa shape index (κ3) is 2.20. The van der Waals surface area contributed by atoms with E-state index in [1.165, 1.54) is 22.9 Å². The molecule has 0 unspecified atom stereocenters. The number of benzene rings is 1. The molecule has 4 rings (SSSR count). The lowest BCUT2D eigenvalue weighted by Gasteiger charge is -2.14. The molecule has 0 amide bonds. The first kappa shape index (κ1) is 14.9. The average molecular weight is 325 g/mol. The van der Waals surface area contributed by atoms with Crippen molar-refractivity contribution in [3.05, 3.63) is 34.5 Å². The van der Waals surface area contributed by atoms with Gasteiger partial charge in [-0.3, -0.25) is 0 Å². The van der Waals surface area contributed by atoms with Crippen molar-refractivity contribution in [3.8, 4) is 11.5 Å². The Balaban J connectivity index is 1.90. The number of nitrogens with one attached hydrogen (secondary N) is 2. The van der Waals surface area contributed by atoms with Crippen LogP contribution in [0.1, 0.15) is 22.4 Å². The fourth-order valence-corrected chi connectivity index (χ4v) is 3.16. The molecule has 0 fully saturated rings. The van der Waals surface area contributed by atoms with Crippen LogP contribution < -0.4 is 5.32 Å². The zero-order valence-electron chi connectivity index (χ0n) is 13.9. The normalized spacial score (nSPS) is 14.0. The van der Waals surface area contributed by atoms with Crippen molar-refractivity contribution < 1.29 is 9.53 Å². The minimum absolute atomic E-state index is 0.470. The second-order valence-corrected chi connectivity index (χ2v) is 6.12. The van der Waals surface area contributed by atoms with Crippen molar-refractivity contribution in [1.82, 2.24) is 25.1 Å². The lowest BCUT2D eigenvalue weighted by Crippen LogP contribution is -2.26. The Bertz CT molecular complexity index is 915. The number of fused-ring (bicyclic) bond motifs is 2. The molecule has 0 saturated heterocycles. The summed E-state index contributed by atoms with van der Waals surface area (Å²) in [5.74, 6) is 0.678. The van der Waals surface area contributed by atoms with E-state index in [1.54, 1.807) is 0 Å². The zero-order chi connectivity index (χ0) is 16.8. The highest BCUT2D eigenvalue weighted by Crippen LogP contribution is 2.28. The second-order valence-electron chi connectivity index (χ2n) is 6.12. The van der Waals surface area contributed by atoms with Crippen molar-refractivity contribution in [2.45, 2.75) is 26.8 Å². The van der Waals surface area contributed by atoms with Gasteiger partial charge in [0, 0.05) is 25.1 Å². The van der Waals surface area contributed by atoms with E-state index >= 15 is 0 Å². The fraction of sp³-hybridized carbons (Fsp3) is 0.353. The van der Waals surface area contributed by atoms with Crippen LogP contribution in [-0.2, 0) is 17.7 Å². The van der Waals surface area contributed by atoms with E-state index in [9.17, 15) is 4.79 Å². The van der Waals surface area contributed by atoms with E-state index in [0.717, 1.165) is 35.3 Å².